The third-order valence-electron chi connectivity index (χ3n) is 5.50. The first-order valence-electron chi connectivity index (χ1n) is 9.66. The summed E-state index contributed by atoms with van der Waals surface area (Å²) in [4.78, 5) is 20.9. The standard InChI is InChI=1S/C18H23F3N6O2/c19-18(20,21)11-9-12(23-17-15(11)16(22)24-25-17)13-3-1-2-4-27(13)14(28)10-26-5-7-29-8-6-26/h9,13H,1-8,10H2,(H3,22,23,24,25)/t13-/m0/s1. The summed E-state index contributed by atoms with van der Waals surface area (Å²) >= 11 is 0. The highest BCUT2D eigenvalue weighted by Gasteiger charge is 2.37. The summed E-state index contributed by atoms with van der Waals surface area (Å²) in [6.07, 6.45) is -2.42. The Morgan fingerprint density at radius 3 is 2.76 bits per heavy atom. The average Bonchev–Trinajstić information content (AvgIpc) is 3.08. The molecule has 2 aliphatic heterocycles. The highest BCUT2D eigenvalue weighted by molar-refractivity contribution is 5.90. The molecule has 4 rings (SSSR count). The Hall–Kier alpha value is -2.40. The monoisotopic (exact) mass is 412 g/mol. The quantitative estimate of drug-likeness (QED) is 0.799. The Morgan fingerprint density at radius 2 is 2.03 bits per heavy atom. The number of aromatic nitrogens is 3. The molecule has 0 spiro atoms. The Labute approximate surface area is 165 Å². The lowest BCUT2D eigenvalue weighted by atomic mass is 9.97. The fourth-order valence-corrected chi connectivity index (χ4v) is 4.04. The van der Waals surface area contributed by atoms with Gasteiger partial charge in [-0.2, -0.15) is 18.3 Å². The molecule has 11 heteroatoms. The van der Waals surface area contributed by atoms with Crippen molar-refractivity contribution in [3.8, 4) is 0 Å². The van der Waals surface area contributed by atoms with Crippen LogP contribution in [0, 0.1) is 0 Å². The summed E-state index contributed by atoms with van der Waals surface area (Å²) < 4.78 is 46.3. The minimum atomic E-state index is -4.61. The molecule has 0 aliphatic carbocycles. The zero-order valence-corrected chi connectivity index (χ0v) is 15.8. The fourth-order valence-electron chi connectivity index (χ4n) is 4.04. The molecule has 0 saturated carbocycles. The van der Waals surface area contributed by atoms with Crippen molar-refractivity contribution in [2.75, 3.05) is 45.1 Å². The predicted molar refractivity (Wildman–Crippen MR) is 98.9 cm³/mol. The van der Waals surface area contributed by atoms with Crippen molar-refractivity contribution in [2.24, 2.45) is 0 Å². The second-order valence-electron chi connectivity index (χ2n) is 7.42. The number of likely N-dealkylation sites (tertiary alicyclic amines) is 1. The van der Waals surface area contributed by atoms with Crippen molar-refractivity contribution in [2.45, 2.75) is 31.5 Å². The fraction of sp³-hybridized carbons (Fsp3) is 0.611. The number of rotatable bonds is 3. The Balaban J connectivity index is 1.66. The van der Waals surface area contributed by atoms with Crippen molar-refractivity contribution in [1.29, 1.82) is 0 Å². The minimum absolute atomic E-state index is 0.0847. The first-order chi connectivity index (χ1) is 13.8. The number of nitrogen functional groups attached to an aromatic ring is 1. The predicted octanol–water partition coefficient (Wildman–Crippen LogP) is 1.94. The van der Waals surface area contributed by atoms with E-state index in [0.717, 1.165) is 18.9 Å². The van der Waals surface area contributed by atoms with Gasteiger partial charge in [0, 0.05) is 19.6 Å². The number of carbonyl (C=O) groups excluding carboxylic acids is 1. The molecule has 0 unspecified atom stereocenters. The molecular weight excluding hydrogens is 389 g/mol. The summed E-state index contributed by atoms with van der Waals surface area (Å²) in [6.45, 7) is 3.20. The molecule has 0 bridgehead atoms. The Kier molecular flexibility index (Phi) is 5.34. The van der Waals surface area contributed by atoms with Gasteiger partial charge < -0.3 is 15.4 Å². The highest BCUT2D eigenvalue weighted by Crippen LogP contribution is 2.39. The van der Waals surface area contributed by atoms with E-state index in [1.807, 2.05) is 4.90 Å². The van der Waals surface area contributed by atoms with E-state index in [-0.39, 0.29) is 35.0 Å². The van der Waals surface area contributed by atoms with Crippen LogP contribution in [-0.2, 0) is 15.7 Å². The van der Waals surface area contributed by atoms with Crippen LogP contribution < -0.4 is 5.73 Å². The number of anilines is 1. The van der Waals surface area contributed by atoms with Crippen LogP contribution >= 0.6 is 0 Å². The molecule has 2 fully saturated rings. The molecular formula is C18H23F3N6O2. The second kappa shape index (κ2) is 7.79. The maximum Gasteiger partial charge on any atom is 0.417 e. The number of ether oxygens (including phenoxy) is 1. The first kappa shape index (κ1) is 19.9. The summed E-state index contributed by atoms with van der Waals surface area (Å²) in [5.74, 6) is -0.274. The molecule has 1 amide bonds. The van der Waals surface area contributed by atoms with Gasteiger partial charge in [-0.25, -0.2) is 4.98 Å². The van der Waals surface area contributed by atoms with Crippen molar-refractivity contribution in [3.63, 3.8) is 0 Å². The molecule has 158 valence electrons. The van der Waals surface area contributed by atoms with Gasteiger partial charge in [0.2, 0.25) is 5.91 Å². The number of piperidine rings is 1. The number of morpholine rings is 1. The number of hydrogen-bond donors (Lipinski definition) is 2. The van der Waals surface area contributed by atoms with E-state index in [2.05, 4.69) is 15.2 Å². The smallest absolute Gasteiger partial charge is 0.383 e. The highest BCUT2D eigenvalue weighted by atomic mass is 19.4. The number of pyridine rings is 1. The number of amides is 1. The minimum Gasteiger partial charge on any atom is -0.383 e. The molecule has 2 aromatic heterocycles. The van der Waals surface area contributed by atoms with Gasteiger partial charge in [-0.15, -0.1) is 0 Å². The molecule has 0 radical (unpaired) electrons. The van der Waals surface area contributed by atoms with Gasteiger partial charge in [0.1, 0.15) is 5.82 Å². The molecule has 2 aliphatic rings. The van der Waals surface area contributed by atoms with Crippen LogP contribution in [0.15, 0.2) is 6.07 Å². The van der Waals surface area contributed by atoms with Crippen molar-refractivity contribution in [1.82, 2.24) is 25.0 Å². The van der Waals surface area contributed by atoms with Crippen molar-refractivity contribution < 1.29 is 22.7 Å². The summed E-state index contributed by atoms with van der Waals surface area (Å²) in [5, 5.41) is 5.97. The normalized spacial score (nSPS) is 21.6. The largest absolute Gasteiger partial charge is 0.417 e. The number of fused-ring (bicyclic) bond motifs is 1. The number of nitrogens with two attached hydrogens (primary N) is 1. The van der Waals surface area contributed by atoms with Gasteiger partial charge in [-0.1, -0.05) is 0 Å². The van der Waals surface area contributed by atoms with Gasteiger partial charge in [0.15, 0.2) is 5.65 Å². The Bertz CT molecular complexity index is 894. The molecule has 2 saturated heterocycles. The van der Waals surface area contributed by atoms with Gasteiger partial charge in [0.25, 0.3) is 0 Å². The van der Waals surface area contributed by atoms with E-state index < -0.39 is 17.8 Å². The van der Waals surface area contributed by atoms with E-state index >= 15 is 0 Å². The van der Waals surface area contributed by atoms with Gasteiger partial charge in [-0.05, 0) is 25.3 Å². The van der Waals surface area contributed by atoms with E-state index in [4.69, 9.17) is 10.5 Å². The number of halogens is 3. The second-order valence-corrected chi connectivity index (χ2v) is 7.42. The van der Waals surface area contributed by atoms with Crippen LogP contribution in [0.5, 0.6) is 0 Å². The van der Waals surface area contributed by atoms with E-state index in [0.29, 0.717) is 39.3 Å². The molecule has 29 heavy (non-hydrogen) atoms. The summed E-state index contributed by atoms with van der Waals surface area (Å²) in [7, 11) is 0. The van der Waals surface area contributed by atoms with Crippen molar-refractivity contribution >= 4 is 22.8 Å². The molecule has 4 heterocycles. The zero-order chi connectivity index (χ0) is 20.6. The lowest BCUT2D eigenvalue weighted by Crippen LogP contribution is -2.47. The van der Waals surface area contributed by atoms with Crippen LogP contribution in [0.25, 0.3) is 11.0 Å². The number of nitrogens with zero attached hydrogens (tertiary/aromatic N) is 4. The van der Waals surface area contributed by atoms with Crippen LogP contribution in [0.4, 0.5) is 19.0 Å². The van der Waals surface area contributed by atoms with E-state index in [1.165, 1.54) is 0 Å². The zero-order valence-electron chi connectivity index (χ0n) is 15.8. The average molecular weight is 412 g/mol. The molecule has 2 aromatic rings. The maximum absolute atomic E-state index is 13.7. The number of alkyl halides is 3. The topological polar surface area (TPSA) is 100 Å². The molecule has 0 aromatic carbocycles. The van der Waals surface area contributed by atoms with E-state index in [1.54, 1.807) is 4.90 Å². The Morgan fingerprint density at radius 1 is 1.28 bits per heavy atom. The number of H-pyrrole nitrogens is 1. The third kappa shape index (κ3) is 4.01. The van der Waals surface area contributed by atoms with Gasteiger partial charge in [-0.3, -0.25) is 14.8 Å². The molecule has 3 N–H and O–H groups in total. The first-order valence-corrected chi connectivity index (χ1v) is 9.66. The lowest BCUT2D eigenvalue weighted by molar-refractivity contribution is -0.137. The van der Waals surface area contributed by atoms with Crippen molar-refractivity contribution in [3.05, 3.63) is 17.3 Å². The number of aromatic amines is 1. The van der Waals surface area contributed by atoms with Crippen LogP contribution in [0.2, 0.25) is 0 Å². The number of carbonyl (C=O) groups is 1. The third-order valence-corrected chi connectivity index (χ3v) is 5.50. The SMILES string of the molecule is Nc1[nH]nc2nc([C@@H]3CCCCN3C(=O)CN3CCOCC3)cc(C(F)(F)F)c12. The van der Waals surface area contributed by atoms with Crippen LogP contribution in [0.3, 0.4) is 0 Å². The lowest BCUT2D eigenvalue weighted by Gasteiger charge is -2.37. The number of hydrogen-bond acceptors (Lipinski definition) is 6. The van der Waals surface area contributed by atoms with Crippen LogP contribution in [-0.4, -0.2) is 70.3 Å². The van der Waals surface area contributed by atoms with Gasteiger partial charge >= 0.3 is 6.18 Å². The molecule has 1 atom stereocenters. The molecule has 8 nitrogen and oxygen atoms in total. The van der Waals surface area contributed by atoms with Crippen LogP contribution in [0.1, 0.15) is 36.6 Å². The van der Waals surface area contributed by atoms with Gasteiger partial charge in [0.05, 0.1) is 42.4 Å². The maximum atomic E-state index is 13.7. The number of nitrogens with one attached hydrogen (secondary N) is 1. The summed E-state index contributed by atoms with van der Waals surface area (Å²) in [6, 6.07) is 0.500. The van der Waals surface area contributed by atoms with E-state index in [9.17, 15) is 18.0 Å². The summed E-state index contributed by atoms with van der Waals surface area (Å²) in [5.41, 5.74) is 4.88.